The van der Waals surface area contributed by atoms with Gasteiger partial charge in [-0.1, -0.05) is 11.6 Å². The molecule has 3 rings (SSSR count). The summed E-state index contributed by atoms with van der Waals surface area (Å²) in [5.74, 6) is 0.389. The van der Waals surface area contributed by atoms with E-state index in [0.717, 1.165) is 18.9 Å². The molecule has 0 aliphatic carbocycles. The molecule has 0 radical (unpaired) electrons. The van der Waals surface area contributed by atoms with E-state index >= 15 is 0 Å². The molecule has 0 saturated carbocycles. The predicted octanol–water partition coefficient (Wildman–Crippen LogP) is 3.29. The van der Waals surface area contributed by atoms with E-state index < -0.39 is 5.91 Å². The second-order valence-corrected chi connectivity index (χ2v) is 5.65. The second kappa shape index (κ2) is 6.23. The molecule has 5 nitrogen and oxygen atoms in total. The molecule has 1 aromatic heterocycles. The molecule has 0 spiro atoms. The number of aromatic hydroxyl groups is 1. The first kappa shape index (κ1) is 14.7. The van der Waals surface area contributed by atoms with Crippen molar-refractivity contribution in [3.05, 3.63) is 47.1 Å². The molecular formula is C16H16ClN3O2. The van der Waals surface area contributed by atoms with E-state index in [1.807, 2.05) is 6.07 Å². The molecule has 0 atom stereocenters. The second-order valence-electron chi connectivity index (χ2n) is 5.21. The molecule has 1 aliphatic heterocycles. The first-order chi connectivity index (χ1) is 10.6. The number of nitrogens with one attached hydrogen (secondary N) is 1. The summed E-state index contributed by atoms with van der Waals surface area (Å²) in [6.45, 7) is 2.05. The van der Waals surface area contributed by atoms with Gasteiger partial charge >= 0.3 is 0 Å². The van der Waals surface area contributed by atoms with Gasteiger partial charge in [0.05, 0.1) is 17.4 Å². The number of benzene rings is 1. The Balaban J connectivity index is 1.72. The Morgan fingerprint density at radius 2 is 2.00 bits per heavy atom. The van der Waals surface area contributed by atoms with E-state index in [9.17, 15) is 9.90 Å². The minimum atomic E-state index is -0.421. The molecule has 2 aromatic rings. The van der Waals surface area contributed by atoms with Gasteiger partial charge in [0.1, 0.15) is 11.6 Å². The lowest BCUT2D eigenvalue weighted by molar-refractivity contribution is 0.102. The Labute approximate surface area is 133 Å². The average Bonchev–Trinajstić information content (AvgIpc) is 3.05. The van der Waals surface area contributed by atoms with E-state index in [0.29, 0.717) is 10.7 Å². The van der Waals surface area contributed by atoms with E-state index in [1.54, 1.807) is 12.3 Å². The van der Waals surface area contributed by atoms with Crippen LogP contribution < -0.4 is 10.2 Å². The molecule has 1 amide bonds. The molecular weight excluding hydrogens is 302 g/mol. The fraction of sp³-hybridized carbons (Fsp3) is 0.250. The van der Waals surface area contributed by atoms with Crippen molar-refractivity contribution in [2.75, 3.05) is 23.3 Å². The number of phenolic OH excluding ortho intramolecular Hbond substituents is 1. The third-order valence-corrected chi connectivity index (χ3v) is 3.87. The number of anilines is 2. The van der Waals surface area contributed by atoms with Crippen molar-refractivity contribution in [1.29, 1.82) is 0 Å². The van der Waals surface area contributed by atoms with Gasteiger partial charge < -0.3 is 15.3 Å². The molecule has 6 heteroatoms. The summed E-state index contributed by atoms with van der Waals surface area (Å²) in [6, 6.07) is 8.04. The number of halogens is 1. The summed E-state index contributed by atoms with van der Waals surface area (Å²) >= 11 is 5.85. The fourth-order valence-electron chi connectivity index (χ4n) is 2.48. The topological polar surface area (TPSA) is 65.5 Å². The van der Waals surface area contributed by atoms with E-state index in [-0.39, 0.29) is 11.3 Å². The fourth-order valence-corrected chi connectivity index (χ4v) is 2.65. The average molecular weight is 318 g/mol. The standard InChI is InChI=1S/C16H16ClN3O2/c17-11-3-5-14(21)13(9-11)16(22)19-12-4-6-15(18-10-12)20-7-1-2-8-20/h3-6,9-10,21H,1-2,7-8H2,(H,19,22). The molecule has 114 valence electrons. The van der Waals surface area contributed by atoms with Gasteiger partial charge in [-0.2, -0.15) is 0 Å². The highest BCUT2D eigenvalue weighted by atomic mass is 35.5. The van der Waals surface area contributed by atoms with Crippen molar-refractivity contribution in [1.82, 2.24) is 4.98 Å². The summed E-state index contributed by atoms with van der Waals surface area (Å²) < 4.78 is 0. The van der Waals surface area contributed by atoms with Crippen LogP contribution in [0.15, 0.2) is 36.5 Å². The highest BCUT2D eigenvalue weighted by Gasteiger charge is 2.15. The van der Waals surface area contributed by atoms with Crippen LogP contribution in [0.3, 0.4) is 0 Å². The Morgan fingerprint density at radius 3 is 2.68 bits per heavy atom. The normalized spacial score (nSPS) is 14.1. The zero-order chi connectivity index (χ0) is 15.5. The van der Waals surface area contributed by atoms with Crippen molar-refractivity contribution in [2.45, 2.75) is 12.8 Å². The highest BCUT2D eigenvalue weighted by Crippen LogP contribution is 2.23. The molecule has 22 heavy (non-hydrogen) atoms. The van der Waals surface area contributed by atoms with Crippen LogP contribution in [0.2, 0.25) is 5.02 Å². The minimum Gasteiger partial charge on any atom is -0.507 e. The zero-order valence-corrected chi connectivity index (χ0v) is 12.7. The number of carbonyl (C=O) groups is 1. The molecule has 0 unspecified atom stereocenters. The van der Waals surface area contributed by atoms with E-state index in [1.165, 1.54) is 31.0 Å². The van der Waals surface area contributed by atoms with Crippen molar-refractivity contribution in [3.63, 3.8) is 0 Å². The van der Waals surface area contributed by atoms with Gasteiger partial charge in [0.25, 0.3) is 5.91 Å². The molecule has 0 bridgehead atoms. The van der Waals surface area contributed by atoms with Gasteiger partial charge in [-0.25, -0.2) is 4.98 Å². The maximum Gasteiger partial charge on any atom is 0.259 e. The summed E-state index contributed by atoms with van der Waals surface area (Å²) in [4.78, 5) is 18.7. The number of carbonyl (C=O) groups excluding carboxylic acids is 1. The van der Waals surface area contributed by atoms with Crippen LogP contribution in [-0.2, 0) is 0 Å². The smallest absolute Gasteiger partial charge is 0.259 e. The zero-order valence-electron chi connectivity index (χ0n) is 11.9. The van der Waals surface area contributed by atoms with Crippen LogP contribution in [0.4, 0.5) is 11.5 Å². The monoisotopic (exact) mass is 317 g/mol. The van der Waals surface area contributed by atoms with Gasteiger partial charge in [0, 0.05) is 18.1 Å². The highest BCUT2D eigenvalue weighted by molar-refractivity contribution is 6.31. The lowest BCUT2D eigenvalue weighted by Crippen LogP contribution is -2.19. The van der Waals surface area contributed by atoms with Crippen LogP contribution in [-0.4, -0.2) is 29.1 Å². The number of hydrogen-bond donors (Lipinski definition) is 2. The summed E-state index contributed by atoms with van der Waals surface area (Å²) in [5.41, 5.74) is 0.712. The molecule has 2 heterocycles. The molecule has 1 fully saturated rings. The number of amides is 1. The largest absolute Gasteiger partial charge is 0.507 e. The SMILES string of the molecule is O=C(Nc1ccc(N2CCCC2)nc1)c1cc(Cl)ccc1O. The lowest BCUT2D eigenvalue weighted by atomic mass is 10.2. The summed E-state index contributed by atoms with van der Waals surface area (Å²) in [7, 11) is 0. The Bertz CT molecular complexity index is 682. The Kier molecular flexibility index (Phi) is 4.15. The van der Waals surface area contributed by atoms with Gasteiger partial charge in [0.2, 0.25) is 0 Å². The number of aromatic nitrogens is 1. The third kappa shape index (κ3) is 3.14. The van der Waals surface area contributed by atoms with Gasteiger partial charge in [-0.3, -0.25) is 4.79 Å². The van der Waals surface area contributed by atoms with Crippen molar-refractivity contribution >= 4 is 29.0 Å². The first-order valence-electron chi connectivity index (χ1n) is 7.14. The van der Waals surface area contributed by atoms with Crippen LogP contribution in [0.25, 0.3) is 0 Å². The molecule has 1 aliphatic rings. The van der Waals surface area contributed by atoms with E-state index in [4.69, 9.17) is 11.6 Å². The minimum absolute atomic E-state index is 0.108. The third-order valence-electron chi connectivity index (χ3n) is 3.64. The first-order valence-corrected chi connectivity index (χ1v) is 7.52. The van der Waals surface area contributed by atoms with E-state index in [2.05, 4.69) is 15.2 Å². The van der Waals surface area contributed by atoms with Gasteiger partial charge in [-0.15, -0.1) is 0 Å². The maximum absolute atomic E-state index is 12.2. The van der Waals surface area contributed by atoms with Crippen LogP contribution in [0.5, 0.6) is 5.75 Å². The van der Waals surface area contributed by atoms with Crippen molar-refractivity contribution in [2.24, 2.45) is 0 Å². The predicted molar refractivity (Wildman–Crippen MR) is 86.8 cm³/mol. The van der Waals surface area contributed by atoms with Crippen molar-refractivity contribution in [3.8, 4) is 5.75 Å². The van der Waals surface area contributed by atoms with Crippen LogP contribution in [0.1, 0.15) is 23.2 Å². The number of rotatable bonds is 3. The molecule has 1 aromatic carbocycles. The number of pyridine rings is 1. The molecule has 1 saturated heterocycles. The van der Waals surface area contributed by atoms with Crippen molar-refractivity contribution < 1.29 is 9.90 Å². The number of nitrogens with zero attached hydrogens (tertiary/aromatic N) is 2. The summed E-state index contributed by atoms with van der Waals surface area (Å²) in [5, 5.41) is 12.8. The van der Waals surface area contributed by atoms with Crippen LogP contribution >= 0.6 is 11.6 Å². The Morgan fingerprint density at radius 1 is 1.23 bits per heavy atom. The maximum atomic E-state index is 12.2. The lowest BCUT2D eigenvalue weighted by Gasteiger charge is -2.16. The number of hydrogen-bond acceptors (Lipinski definition) is 4. The Hall–Kier alpha value is -2.27. The van der Waals surface area contributed by atoms with Gasteiger partial charge in [0.15, 0.2) is 0 Å². The molecule has 2 N–H and O–H groups in total. The quantitative estimate of drug-likeness (QED) is 0.911. The van der Waals surface area contributed by atoms with Crippen LogP contribution in [0, 0.1) is 0 Å². The van der Waals surface area contributed by atoms with Gasteiger partial charge in [-0.05, 0) is 43.2 Å². The number of phenols is 1. The summed E-state index contributed by atoms with van der Waals surface area (Å²) in [6.07, 6.45) is 4.00.